The number of nitrogens with one attached hydrogen (secondary N) is 1. The van der Waals surface area contributed by atoms with Gasteiger partial charge >= 0.3 is 0 Å². The highest BCUT2D eigenvalue weighted by molar-refractivity contribution is 6.32. The first-order valence-electron chi connectivity index (χ1n) is 6.76. The van der Waals surface area contributed by atoms with Crippen LogP contribution in [0.2, 0.25) is 5.02 Å². The van der Waals surface area contributed by atoms with Crippen molar-refractivity contribution in [2.75, 3.05) is 32.8 Å². The van der Waals surface area contributed by atoms with Crippen LogP contribution in [0.25, 0.3) is 0 Å². The molecule has 0 radical (unpaired) electrons. The standard InChI is InChI=1S/C14H18ClF3N2O/c1-9-2-3-10(16)11(12(9)15)13(14(17,18)8-21)20-6-4-19-5-7-20/h2-3,13,19,21H,4-8H2,1H3/t13-/m1/s1. The maximum Gasteiger partial charge on any atom is 0.290 e. The second kappa shape index (κ2) is 6.52. The summed E-state index contributed by atoms with van der Waals surface area (Å²) < 4.78 is 42.6. The van der Waals surface area contributed by atoms with Gasteiger partial charge in [-0.05, 0) is 18.6 Å². The van der Waals surface area contributed by atoms with Crippen LogP contribution in [0.3, 0.4) is 0 Å². The van der Waals surface area contributed by atoms with E-state index < -0.39 is 24.4 Å². The SMILES string of the molecule is Cc1ccc(F)c([C@@H](N2CCNCC2)C(F)(F)CO)c1Cl. The second-order valence-corrected chi connectivity index (χ2v) is 5.58. The first-order chi connectivity index (χ1) is 9.88. The number of nitrogens with zero attached hydrogens (tertiary/aromatic N) is 1. The third-order valence-corrected chi connectivity index (χ3v) is 4.22. The summed E-state index contributed by atoms with van der Waals surface area (Å²) in [5.74, 6) is -4.25. The lowest BCUT2D eigenvalue weighted by Gasteiger charge is -2.39. The zero-order valence-corrected chi connectivity index (χ0v) is 12.4. The number of hydrogen-bond donors (Lipinski definition) is 2. The van der Waals surface area contributed by atoms with E-state index in [4.69, 9.17) is 16.7 Å². The maximum atomic E-state index is 14.2. The van der Waals surface area contributed by atoms with Gasteiger partial charge < -0.3 is 10.4 Å². The average Bonchev–Trinajstić information content (AvgIpc) is 2.48. The summed E-state index contributed by atoms with van der Waals surface area (Å²) in [6, 6.07) is 1.02. The molecule has 0 aromatic heterocycles. The quantitative estimate of drug-likeness (QED) is 0.893. The van der Waals surface area contributed by atoms with Crippen LogP contribution >= 0.6 is 11.6 Å². The van der Waals surface area contributed by atoms with Crippen LogP contribution in [0.15, 0.2) is 12.1 Å². The molecule has 21 heavy (non-hydrogen) atoms. The molecule has 7 heteroatoms. The van der Waals surface area contributed by atoms with Gasteiger partial charge in [-0.15, -0.1) is 0 Å². The van der Waals surface area contributed by atoms with Gasteiger partial charge in [-0.3, -0.25) is 4.90 Å². The fraction of sp³-hybridized carbons (Fsp3) is 0.571. The summed E-state index contributed by atoms with van der Waals surface area (Å²) in [6.07, 6.45) is 0. The van der Waals surface area contributed by atoms with Gasteiger partial charge in [0.1, 0.15) is 18.5 Å². The molecule has 118 valence electrons. The summed E-state index contributed by atoms with van der Waals surface area (Å²) in [7, 11) is 0. The van der Waals surface area contributed by atoms with Crippen LogP contribution in [0.5, 0.6) is 0 Å². The molecule has 0 aliphatic carbocycles. The predicted molar refractivity (Wildman–Crippen MR) is 75.4 cm³/mol. The zero-order valence-electron chi connectivity index (χ0n) is 11.7. The molecule has 1 fully saturated rings. The van der Waals surface area contributed by atoms with E-state index in [0.29, 0.717) is 31.7 Å². The Bertz CT molecular complexity index is 507. The number of aliphatic hydroxyl groups is 1. The Morgan fingerprint density at radius 3 is 2.57 bits per heavy atom. The van der Waals surface area contributed by atoms with Crippen molar-refractivity contribution < 1.29 is 18.3 Å². The van der Waals surface area contributed by atoms with Crippen molar-refractivity contribution in [3.8, 4) is 0 Å². The van der Waals surface area contributed by atoms with Gasteiger partial charge in [0.2, 0.25) is 0 Å². The van der Waals surface area contributed by atoms with E-state index in [0.717, 1.165) is 6.07 Å². The number of aliphatic hydroxyl groups excluding tert-OH is 1. The summed E-state index contributed by atoms with van der Waals surface area (Å²) in [4.78, 5) is 1.47. The van der Waals surface area contributed by atoms with Crippen LogP contribution < -0.4 is 5.32 Å². The largest absolute Gasteiger partial charge is 0.390 e. The number of halogens is 4. The summed E-state index contributed by atoms with van der Waals surface area (Å²) in [5.41, 5.74) is 0.291. The fourth-order valence-electron chi connectivity index (χ4n) is 2.62. The third-order valence-electron chi connectivity index (χ3n) is 3.72. The average molecular weight is 323 g/mol. The minimum atomic E-state index is -3.48. The number of piperazine rings is 1. The van der Waals surface area contributed by atoms with Gasteiger partial charge in [-0.1, -0.05) is 17.7 Å². The molecule has 0 saturated carbocycles. The highest BCUT2D eigenvalue weighted by Crippen LogP contribution is 2.41. The van der Waals surface area contributed by atoms with Crippen molar-refractivity contribution in [2.24, 2.45) is 0 Å². The van der Waals surface area contributed by atoms with E-state index in [1.165, 1.54) is 11.0 Å². The smallest absolute Gasteiger partial charge is 0.290 e. The molecule has 1 aliphatic heterocycles. The van der Waals surface area contributed by atoms with Crippen molar-refractivity contribution >= 4 is 11.6 Å². The Kier molecular flexibility index (Phi) is 5.14. The van der Waals surface area contributed by atoms with Crippen LogP contribution in [-0.4, -0.2) is 48.7 Å². The fourth-order valence-corrected chi connectivity index (χ4v) is 2.87. The molecule has 0 spiro atoms. The van der Waals surface area contributed by atoms with Crippen LogP contribution in [0, 0.1) is 12.7 Å². The lowest BCUT2D eigenvalue weighted by molar-refractivity contribution is -0.119. The Hall–Kier alpha value is -0.820. The van der Waals surface area contributed by atoms with Gasteiger partial charge in [0.25, 0.3) is 5.92 Å². The molecule has 0 unspecified atom stereocenters. The molecule has 1 aromatic rings. The lowest BCUT2D eigenvalue weighted by Crippen LogP contribution is -2.51. The lowest BCUT2D eigenvalue weighted by atomic mass is 9.96. The predicted octanol–water partition coefficient (Wildman–Crippen LogP) is 2.36. The molecule has 1 heterocycles. The Morgan fingerprint density at radius 2 is 2.00 bits per heavy atom. The molecular formula is C14H18ClF3N2O. The zero-order chi connectivity index (χ0) is 15.6. The van der Waals surface area contributed by atoms with Crippen molar-refractivity contribution in [1.82, 2.24) is 10.2 Å². The highest BCUT2D eigenvalue weighted by atomic mass is 35.5. The Balaban J connectivity index is 2.52. The van der Waals surface area contributed by atoms with E-state index in [2.05, 4.69) is 5.32 Å². The van der Waals surface area contributed by atoms with E-state index in [9.17, 15) is 13.2 Å². The Morgan fingerprint density at radius 1 is 1.38 bits per heavy atom. The minimum absolute atomic E-state index is 0.00772. The Labute approximate surface area is 126 Å². The number of aryl methyl sites for hydroxylation is 1. The topological polar surface area (TPSA) is 35.5 Å². The van der Waals surface area contributed by atoms with Crippen molar-refractivity contribution in [3.63, 3.8) is 0 Å². The molecule has 1 aliphatic rings. The first kappa shape index (κ1) is 16.5. The maximum absolute atomic E-state index is 14.2. The molecule has 0 amide bonds. The van der Waals surface area contributed by atoms with Crippen molar-refractivity contribution in [1.29, 1.82) is 0 Å². The van der Waals surface area contributed by atoms with E-state index in [1.807, 2.05) is 0 Å². The molecule has 0 bridgehead atoms. The highest BCUT2D eigenvalue weighted by Gasteiger charge is 2.46. The number of alkyl halides is 2. The molecular weight excluding hydrogens is 305 g/mol. The van der Waals surface area contributed by atoms with Crippen molar-refractivity contribution in [2.45, 2.75) is 18.9 Å². The van der Waals surface area contributed by atoms with Crippen LogP contribution in [0.4, 0.5) is 13.2 Å². The molecule has 2 N–H and O–H groups in total. The van der Waals surface area contributed by atoms with E-state index in [1.54, 1.807) is 6.92 Å². The summed E-state index contributed by atoms with van der Waals surface area (Å²) in [6.45, 7) is 2.02. The molecule has 2 rings (SSSR count). The number of benzene rings is 1. The monoisotopic (exact) mass is 322 g/mol. The molecule has 1 atom stereocenters. The van der Waals surface area contributed by atoms with Gasteiger partial charge in [-0.2, -0.15) is 0 Å². The minimum Gasteiger partial charge on any atom is -0.390 e. The van der Waals surface area contributed by atoms with Gasteiger partial charge in [0.15, 0.2) is 0 Å². The number of hydrogen-bond acceptors (Lipinski definition) is 3. The van der Waals surface area contributed by atoms with E-state index in [-0.39, 0.29) is 10.6 Å². The van der Waals surface area contributed by atoms with E-state index >= 15 is 0 Å². The van der Waals surface area contributed by atoms with Crippen molar-refractivity contribution in [3.05, 3.63) is 34.1 Å². The van der Waals surface area contributed by atoms with Gasteiger partial charge in [0.05, 0.1) is 5.02 Å². The normalized spacial score (nSPS) is 18.8. The summed E-state index contributed by atoms with van der Waals surface area (Å²) in [5, 5.41) is 12.1. The molecule has 1 saturated heterocycles. The van der Waals surface area contributed by atoms with Gasteiger partial charge in [-0.25, -0.2) is 13.2 Å². The van der Waals surface area contributed by atoms with Crippen LogP contribution in [-0.2, 0) is 0 Å². The first-order valence-corrected chi connectivity index (χ1v) is 7.14. The molecule has 1 aromatic carbocycles. The molecule has 3 nitrogen and oxygen atoms in total. The van der Waals surface area contributed by atoms with Crippen LogP contribution in [0.1, 0.15) is 17.2 Å². The summed E-state index contributed by atoms with van der Waals surface area (Å²) >= 11 is 6.08. The number of rotatable bonds is 4. The third kappa shape index (κ3) is 3.34. The second-order valence-electron chi connectivity index (χ2n) is 5.20. The van der Waals surface area contributed by atoms with Gasteiger partial charge in [0, 0.05) is 31.7 Å².